The number of anilines is 2. The van der Waals surface area contributed by atoms with Crippen molar-refractivity contribution in [2.45, 2.75) is 70.1 Å². The maximum Gasteiger partial charge on any atom is 0.163 e. The van der Waals surface area contributed by atoms with Gasteiger partial charge in [-0.05, 0) is 105 Å². The molecule has 0 radical (unpaired) electrons. The van der Waals surface area contributed by atoms with Crippen molar-refractivity contribution in [1.82, 2.24) is 19.5 Å². The molecule has 1 unspecified atom stereocenters. The fourth-order valence-corrected chi connectivity index (χ4v) is 9.19. The van der Waals surface area contributed by atoms with Crippen molar-refractivity contribution >= 4 is 45.2 Å². The van der Waals surface area contributed by atoms with Crippen LogP contribution >= 0.6 is 11.6 Å². The molecule has 4 aliphatic rings. The number of aromatic nitrogens is 4. The molecule has 11 heteroatoms. The summed E-state index contributed by atoms with van der Waals surface area (Å²) in [7, 11) is 1.64. The predicted molar refractivity (Wildman–Crippen MR) is 182 cm³/mol. The van der Waals surface area contributed by atoms with Gasteiger partial charge in [0.1, 0.15) is 41.3 Å². The Kier molecular flexibility index (Phi) is 6.74. The van der Waals surface area contributed by atoms with Crippen molar-refractivity contribution in [2.75, 3.05) is 18.2 Å². The highest BCUT2D eigenvalue weighted by Crippen LogP contribution is 2.77. The first-order chi connectivity index (χ1) is 23.1. The molecular formula is C37H38ClFN6O3. The molecule has 2 aromatic carbocycles. The average Bonchev–Trinajstić information content (AvgIpc) is 3.95. The van der Waals surface area contributed by atoms with Crippen LogP contribution in [0.2, 0.25) is 5.02 Å². The van der Waals surface area contributed by atoms with Crippen LogP contribution in [-0.2, 0) is 22.4 Å². The first-order valence-corrected chi connectivity index (χ1v) is 17.1. The molecule has 1 aliphatic heterocycles. The van der Waals surface area contributed by atoms with E-state index in [9.17, 15) is 0 Å². The molecule has 3 aliphatic carbocycles. The fourth-order valence-electron chi connectivity index (χ4n) is 8.97. The zero-order valence-corrected chi connectivity index (χ0v) is 27.9. The normalized spacial score (nSPS) is 27.6. The molecule has 3 aromatic heterocycles. The zero-order chi connectivity index (χ0) is 32.9. The zero-order valence-electron chi connectivity index (χ0n) is 27.1. The Hall–Kier alpha value is -3.99. The van der Waals surface area contributed by atoms with Crippen molar-refractivity contribution < 1.29 is 18.6 Å². The summed E-state index contributed by atoms with van der Waals surface area (Å²) in [5.74, 6) is 2.00. The van der Waals surface area contributed by atoms with Crippen LogP contribution in [0, 0.1) is 29.0 Å². The molecule has 4 heterocycles. The second kappa shape index (κ2) is 10.8. The van der Waals surface area contributed by atoms with Gasteiger partial charge in [-0.25, -0.2) is 19.3 Å². The largest absolute Gasteiger partial charge is 0.497 e. The van der Waals surface area contributed by atoms with Crippen molar-refractivity contribution in [3.05, 3.63) is 83.0 Å². The van der Waals surface area contributed by atoms with Gasteiger partial charge < -0.3 is 29.8 Å². The van der Waals surface area contributed by atoms with E-state index in [1.165, 1.54) is 19.2 Å². The lowest BCUT2D eigenvalue weighted by Gasteiger charge is -2.32. The topological polar surface area (TPSA) is 109 Å². The first-order valence-electron chi connectivity index (χ1n) is 16.7. The summed E-state index contributed by atoms with van der Waals surface area (Å²) in [5.41, 5.74) is 9.55. The van der Waals surface area contributed by atoms with E-state index in [1.807, 2.05) is 50.2 Å². The van der Waals surface area contributed by atoms with Crippen LogP contribution in [-0.4, -0.2) is 44.6 Å². The number of rotatable bonds is 9. The van der Waals surface area contributed by atoms with E-state index in [0.717, 1.165) is 40.8 Å². The lowest BCUT2D eigenvalue weighted by molar-refractivity contribution is -0.164. The molecule has 1 saturated heterocycles. The third kappa shape index (κ3) is 4.75. The third-order valence-electron chi connectivity index (χ3n) is 11.2. The van der Waals surface area contributed by atoms with Crippen molar-refractivity contribution in [3.8, 4) is 5.75 Å². The summed E-state index contributed by atoms with van der Waals surface area (Å²) in [6.45, 7) is 4.53. The number of pyridine rings is 1. The minimum absolute atomic E-state index is 0.0568. The van der Waals surface area contributed by atoms with Crippen LogP contribution in [0.5, 0.6) is 5.75 Å². The highest BCUT2D eigenvalue weighted by atomic mass is 35.5. The predicted octanol–water partition coefficient (Wildman–Crippen LogP) is 7.32. The van der Waals surface area contributed by atoms with E-state index >= 15 is 4.39 Å². The molecule has 9 nitrogen and oxygen atoms in total. The van der Waals surface area contributed by atoms with E-state index in [2.05, 4.69) is 26.0 Å². The number of fused-ring (bicyclic) bond motifs is 5. The first kappa shape index (κ1) is 30.1. The van der Waals surface area contributed by atoms with Gasteiger partial charge in [0, 0.05) is 23.5 Å². The van der Waals surface area contributed by atoms with Gasteiger partial charge >= 0.3 is 0 Å². The summed E-state index contributed by atoms with van der Waals surface area (Å²) >= 11 is 6.59. The Morgan fingerprint density at radius 1 is 1.08 bits per heavy atom. The minimum atomic E-state index is -0.702. The van der Waals surface area contributed by atoms with E-state index in [1.54, 1.807) is 19.2 Å². The molecule has 0 amide bonds. The van der Waals surface area contributed by atoms with Gasteiger partial charge in [0.05, 0.1) is 35.2 Å². The Morgan fingerprint density at radius 2 is 1.90 bits per heavy atom. The van der Waals surface area contributed by atoms with Gasteiger partial charge in [-0.2, -0.15) is 0 Å². The van der Waals surface area contributed by atoms with Crippen molar-refractivity contribution in [2.24, 2.45) is 23.2 Å². The molecule has 3 N–H and O–H groups in total. The lowest BCUT2D eigenvalue weighted by atomic mass is 9.77. The molecular weight excluding hydrogens is 631 g/mol. The molecule has 4 fully saturated rings. The maximum atomic E-state index is 15.8. The van der Waals surface area contributed by atoms with Gasteiger partial charge in [0.15, 0.2) is 5.79 Å². The Labute approximate surface area is 283 Å². The van der Waals surface area contributed by atoms with Crippen LogP contribution in [0.3, 0.4) is 0 Å². The number of nitrogen functional groups attached to an aromatic ring is 1. The quantitative estimate of drug-likeness (QED) is 0.168. The number of nitrogens with zero attached hydrogens (tertiary/aromatic N) is 4. The Bertz CT molecular complexity index is 2070. The average molecular weight is 669 g/mol. The second-order valence-electron chi connectivity index (χ2n) is 14.5. The van der Waals surface area contributed by atoms with E-state index < -0.39 is 5.79 Å². The fraction of sp³-hybridized carbons (Fsp3) is 0.432. The van der Waals surface area contributed by atoms with Gasteiger partial charge in [-0.3, -0.25) is 0 Å². The van der Waals surface area contributed by atoms with Gasteiger partial charge in [-0.1, -0.05) is 23.7 Å². The van der Waals surface area contributed by atoms with Crippen LogP contribution < -0.4 is 15.8 Å². The van der Waals surface area contributed by atoms with Crippen LogP contribution in [0.25, 0.3) is 21.9 Å². The van der Waals surface area contributed by atoms with Crippen LogP contribution in [0.1, 0.15) is 50.3 Å². The van der Waals surface area contributed by atoms with E-state index in [0.29, 0.717) is 51.9 Å². The molecule has 3 saturated carbocycles. The van der Waals surface area contributed by atoms with E-state index in [-0.39, 0.29) is 29.5 Å². The monoisotopic (exact) mass is 668 g/mol. The van der Waals surface area contributed by atoms with E-state index in [4.69, 9.17) is 36.5 Å². The number of nitrogens with one attached hydrogen (secondary N) is 1. The Morgan fingerprint density at radius 3 is 2.67 bits per heavy atom. The number of hydrogen-bond donors (Lipinski definition) is 2. The van der Waals surface area contributed by atoms with Crippen LogP contribution in [0.4, 0.5) is 16.0 Å². The molecule has 48 heavy (non-hydrogen) atoms. The lowest BCUT2D eigenvalue weighted by Crippen LogP contribution is -2.37. The minimum Gasteiger partial charge on any atom is -0.497 e. The smallest absolute Gasteiger partial charge is 0.163 e. The third-order valence-corrected chi connectivity index (χ3v) is 11.5. The van der Waals surface area contributed by atoms with Crippen molar-refractivity contribution in [3.63, 3.8) is 0 Å². The number of ether oxygens (including phenoxy) is 3. The maximum absolute atomic E-state index is 15.8. The summed E-state index contributed by atoms with van der Waals surface area (Å²) < 4.78 is 36.7. The SMILES string of the molecule is COc1ccc(CNc2nc3cc(CC(C4CC4)[C@@]45C[C@@H]4[C@@H](n4ccc6c(N)ncnc64)[C@@H]4OC(C)(C)O[C@@H]45)cc(F)c3cc2Cl)cc1. The number of halogens is 2. The van der Waals surface area contributed by atoms with Gasteiger partial charge in [0.2, 0.25) is 0 Å². The molecule has 9 rings (SSSR count). The van der Waals surface area contributed by atoms with Crippen molar-refractivity contribution in [1.29, 1.82) is 0 Å². The molecule has 0 bridgehead atoms. The standard InChI is InChI=1S/C37H38ClFN6O3/c1-36(2)47-31-30(45-11-10-23-33(40)42-18-43-35(23)45)26-16-37(26,32(31)48-36)25(21-6-7-21)12-20-13-28(39)24-15-27(38)34(44-29(24)14-20)41-17-19-4-8-22(46-3)9-5-19/h4-5,8-11,13-15,18,21,25-26,30-32H,6-7,12,16-17H2,1-3H3,(H,41,44)(H2,40,42,43)/t25?,26-,30-,31+,32+,37+/m1/s1. The number of methoxy groups -OCH3 is 1. The molecule has 0 spiro atoms. The summed E-state index contributed by atoms with van der Waals surface area (Å²) in [5, 5.41) is 4.98. The van der Waals surface area contributed by atoms with Gasteiger partial charge in [-0.15, -0.1) is 0 Å². The number of hydrogen-bond acceptors (Lipinski definition) is 8. The molecule has 6 atom stereocenters. The van der Waals surface area contributed by atoms with Gasteiger partial charge in [0.25, 0.3) is 0 Å². The Balaban J connectivity index is 1.04. The summed E-state index contributed by atoms with van der Waals surface area (Å²) in [6, 6.07) is 15.2. The second-order valence-corrected chi connectivity index (χ2v) is 14.9. The van der Waals surface area contributed by atoms with Crippen LogP contribution in [0.15, 0.2) is 61.1 Å². The summed E-state index contributed by atoms with van der Waals surface area (Å²) in [6.07, 6.45) is 7.53. The highest BCUT2D eigenvalue weighted by molar-refractivity contribution is 6.33. The number of benzene rings is 2. The number of nitrogens with two attached hydrogens (primary N) is 1. The molecule has 5 aromatic rings. The summed E-state index contributed by atoms with van der Waals surface area (Å²) in [4.78, 5) is 13.6. The highest BCUT2D eigenvalue weighted by Gasteiger charge is 2.78. The molecule has 248 valence electrons.